The number of rotatable bonds is 4. The van der Waals surface area contributed by atoms with E-state index < -0.39 is 0 Å². The van der Waals surface area contributed by atoms with Crippen LogP contribution in [0.25, 0.3) is 16.8 Å². The lowest BCUT2D eigenvalue weighted by atomic mass is 9.87. The number of hydrogen-bond donors (Lipinski definition) is 0. The van der Waals surface area contributed by atoms with Crippen LogP contribution in [0.15, 0.2) is 109 Å². The van der Waals surface area contributed by atoms with Crippen LogP contribution in [0.3, 0.4) is 0 Å². The summed E-state index contributed by atoms with van der Waals surface area (Å²) in [5.41, 5.74) is 3.88. The van der Waals surface area contributed by atoms with Crippen LogP contribution in [0.2, 0.25) is 0 Å². The average molecular weight is 320 g/mol. The van der Waals surface area contributed by atoms with Crippen LogP contribution in [0.5, 0.6) is 0 Å². The molecule has 0 nitrogen and oxygen atoms in total. The summed E-state index contributed by atoms with van der Waals surface area (Å²) in [6.07, 6.45) is 4.53. The molecule has 0 fully saturated rings. The van der Waals surface area contributed by atoms with E-state index in [1.807, 2.05) is 0 Å². The molecule has 0 aliphatic rings. The Morgan fingerprint density at radius 3 is 2.00 bits per heavy atom. The minimum atomic E-state index is 0.229. The Labute approximate surface area is 149 Å². The van der Waals surface area contributed by atoms with Crippen molar-refractivity contribution in [2.45, 2.75) is 5.92 Å². The molecule has 0 amide bonds. The Kier molecular flexibility index (Phi) is 4.43. The first-order chi connectivity index (χ1) is 12.4. The van der Waals surface area contributed by atoms with Crippen LogP contribution in [0, 0.1) is 0 Å². The largest absolute Gasteiger partial charge is 0.0720 e. The number of fused-ring (bicyclic) bond motifs is 1. The fourth-order valence-electron chi connectivity index (χ4n) is 3.35. The van der Waals surface area contributed by atoms with Gasteiger partial charge in [-0.25, -0.2) is 0 Å². The highest BCUT2D eigenvalue weighted by molar-refractivity contribution is 5.87. The van der Waals surface area contributed by atoms with Crippen molar-refractivity contribution >= 4 is 16.8 Å². The first-order valence-electron chi connectivity index (χ1n) is 8.68. The summed E-state index contributed by atoms with van der Waals surface area (Å²) in [5, 5.41) is 2.60. The molecule has 0 saturated carbocycles. The summed E-state index contributed by atoms with van der Waals surface area (Å²) in [6.45, 7) is 0. The van der Waals surface area contributed by atoms with Crippen molar-refractivity contribution in [1.82, 2.24) is 0 Å². The molecule has 0 saturated heterocycles. The van der Waals surface area contributed by atoms with Gasteiger partial charge in [0, 0.05) is 5.92 Å². The summed E-state index contributed by atoms with van der Waals surface area (Å²) >= 11 is 0. The number of allylic oxidation sites excluding steroid dienone is 1. The standard InChI is InChI=1S/C25H20/c1-3-10-20(11-4-1)18-19-24(21-12-5-2-6-13-21)25-17-9-15-22-14-7-8-16-23(22)25/h1-19,24H/b19-18+/t24-/m1/s1. The van der Waals surface area contributed by atoms with E-state index in [1.54, 1.807) is 0 Å². The maximum Gasteiger partial charge on any atom is 0.0278 e. The molecular formula is C25H20. The third kappa shape index (κ3) is 3.39. The van der Waals surface area contributed by atoms with Crippen molar-refractivity contribution in [3.63, 3.8) is 0 Å². The highest BCUT2D eigenvalue weighted by atomic mass is 14.2. The van der Waals surface area contributed by atoms with Gasteiger partial charge in [-0.3, -0.25) is 0 Å². The van der Waals surface area contributed by atoms with Crippen molar-refractivity contribution in [3.05, 3.63) is 126 Å². The van der Waals surface area contributed by atoms with Gasteiger partial charge in [0.25, 0.3) is 0 Å². The molecular weight excluding hydrogens is 300 g/mol. The van der Waals surface area contributed by atoms with Gasteiger partial charge in [-0.15, -0.1) is 0 Å². The van der Waals surface area contributed by atoms with Gasteiger partial charge >= 0.3 is 0 Å². The molecule has 0 bridgehead atoms. The second-order valence-corrected chi connectivity index (χ2v) is 6.23. The van der Waals surface area contributed by atoms with Gasteiger partial charge in [0.1, 0.15) is 0 Å². The molecule has 0 aliphatic heterocycles. The fourth-order valence-corrected chi connectivity index (χ4v) is 3.35. The Balaban J connectivity index is 1.84. The van der Waals surface area contributed by atoms with E-state index in [1.165, 1.54) is 27.5 Å². The van der Waals surface area contributed by atoms with Crippen LogP contribution in [-0.2, 0) is 0 Å². The molecule has 0 aromatic heterocycles. The molecule has 1 atom stereocenters. The summed E-state index contributed by atoms with van der Waals surface area (Å²) < 4.78 is 0. The molecule has 0 aliphatic carbocycles. The topological polar surface area (TPSA) is 0 Å². The van der Waals surface area contributed by atoms with Crippen molar-refractivity contribution in [2.75, 3.05) is 0 Å². The number of hydrogen-bond acceptors (Lipinski definition) is 0. The average Bonchev–Trinajstić information content (AvgIpc) is 2.70. The van der Waals surface area contributed by atoms with E-state index >= 15 is 0 Å². The molecule has 0 radical (unpaired) electrons. The summed E-state index contributed by atoms with van der Waals surface area (Å²) in [6, 6.07) is 36.4. The smallest absolute Gasteiger partial charge is 0.0278 e. The van der Waals surface area contributed by atoms with Gasteiger partial charge in [0.05, 0.1) is 0 Å². The zero-order chi connectivity index (χ0) is 16.9. The zero-order valence-corrected chi connectivity index (χ0v) is 14.0. The van der Waals surface area contributed by atoms with E-state index in [-0.39, 0.29) is 5.92 Å². The van der Waals surface area contributed by atoms with Crippen molar-refractivity contribution in [2.24, 2.45) is 0 Å². The molecule has 0 heteroatoms. The van der Waals surface area contributed by atoms with Crippen molar-refractivity contribution in [3.8, 4) is 0 Å². The Hall–Kier alpha value is -3.12. The summed E-state index contributed by atoms with van der Waals surface area (Å²) in [5.74, 6) is 0.229. The molecule has 0 heterocycles. The van der Waals surface area contributed by atoms with Gasteiger partial charge in [0.15, 0.2) is 0 Å². The van der Waals surface area contributed by atoms with Gasteiger partial charge in [0.2, 0.25) is 0 Å². The minimum Gasteiger partial charge on any atom is -0.0720 e. The molecule has 4 rings (SSSR count). The third-order valence-electron chi connectivity index (χ3n) is 4.60. The van der Waals surface area contributed by atoms with Crippen LogP contribution in [-0.4, -0.2) is 0 Å². The first-order valence-corrected chi connectivity index (χ1v) is 8.68. The SMILES string of the molecule is C(=C\[C@H](c1ccccc1)c1cccc2ccccc12)/c1ccccc1. The van der Waals surface area contributed by atoms with Gasteiger partial charge in [-0.1, -0.05) is 115 Å². The molecule has 0 N–H and O–H groups in total. The van der Waals surface area contributed by atoms with Crippen LogP contribution < -0.4 is 0 Å². The minimum absolute atomic E-state index is 0.229. The van der Waals surface area contributed by atoms with E-state index in [0.29, 0.717) is 0 Å². The van der Waals surface area contributed by atoms with Crippen LogP contribution in [0.4, 0.5) is 0 Å². The highest BCUT2D eigenvalue weighted by Crippen LogP contribution is 2.32. The maximum absolute atomic E-state index is 2.31. The normalized spacial score (nSPS) is 12.5. The zero-order valence-electron chi connectivity index (χ0n) is 14.0. The van der Waals surface area contributed by atoms with Crippen LogP contribution >= 0.6 is 0 Å². The van der Waals surface area contributed by atoms with E-state index in [9.17, 15) is 0 Å². The maximum atomic E-state index is 2.31. The lowest BCUT2D eigenvalue weighted by molar-refractivity contribution is 1.05. The van der Waals surface area contributed by atoms with Crippen LogP contribution in [0.1, 0.15) is 22.6 Å². The van der Waals surface area contributed by atoms with Gasteiger partial charge < -0.3 is 0 Å². The van der Waals surface area contributed by atoms with Gasteiger partial charge in [-0.2, -0.15) is 0 Å². The predicted molar refractivity (Wildman–Crippen MR) is 108 cm³/mol. The monoisotopic (exact) mass is 320 g/mol. The Morgan fingerprint density at radius 2 is 1.20 bits per heavy atom. The molecule has 0 spiro atoms. The quantitative estimate of drug-likeness (QED) is 0.393. The van der Waals surface area contributed by atoms with E-state index in [0.717, 1.165) is 0 Å². The van der Waals surface area contributed by atoms with E-state index in [4.69, 9.17) is 0 Å². The highest BCUT2D eigenvalue weighted by Gasteiger charge is 2.13. The molecule has 4 aromatic carbocycles. The molecule has 4 aromatic rings. The van der Waals surface area contributed by atoms with Gasteiger partial charge in [-0.05, 0) is 27.5 Å². The lowest BCUT2D eigenvalue weighted by Crippen LogP contribution is -1.98. The molecule has 0 unspecified atom stereocenters. The predicted octanol–water partition coefficient (Wildman–Crippen LogP) is 6.69. The molecule has 120 valence electrons. The van der Waals surface area contributed by atoms with Crippen molar-refractivity contribution < 1.29 is 0 Å². The fraction of sp³-hybridized carbons (Fsp3) is 0.0400. The van der Waals surface area contributed by atoms with E-state index in [2.05, 4.69) is 115 Å². The summed E-state index contributed by atoms with van der Waals surface area (Å²) in [4.78, 5) is 0. The Bertz CT molecular complexity index is 977. The summed E-state index contributed by atoms with van der Waals surface area (Å²) in [7, 11) is 0. The van der Waals surface area contributed by atoms with Crippen molar-refractivity contribution in [1.29, 1.82) is 0 Å². The first kappa shape index (κ1) is 15.4. The third-order valence-corrected chi connectivity index (χ3v) is 4.60. The lowest BCUT2D eigenvalue weighted by Gasteiger charge is -2.17. The second-order valence-electron chi connectivity index (χ2n) is 6.23. The Morgan fingerprint density at radius 1 is 0.560 bits per heavy atom. The molecule has 25 heavy (non-hydrogen) atoms. The second kappa shape index (κ2) is 7.19. The number of benzene rings is 4.